The molecule has 3 heteroatoms. The highest BCUT2D eigenvalue weighted by Gasteiger charge is 2.41. The van der Waals surface area contributed by atoms with Gasteiger partial charge in [-0.25, -0.2) is 0 Å². The molecule has 0 amide bonds. The number of terminal acetylenes is 1. The fraction of sp³-hybridized carbons (Fsp3) is 0.857. The van der Waals surface area contributed by atoms with Crippen LogP contribution in [-0.2, 0) is 4.74 Å². The summed E-state index contributed by atoms with van der Waals surface area (Å²) in [6.45, 7) is 8.72. The third-order valence-corrected chi connectivity index (χ3v) is 3.84. The molecule has 0 spiro atoms. The van der Waals surface area contributed by atoms with E-state index in [1.54, 1.807) is 0 Å². The second-order valence-electron chi connectivity index (χ2n) is 5.27. The van der Waals surface area contributed by atoms with Gasteiger partial charge in [0.15, 0.2) is 0 Å². The van der Waals surface area contributed by atoms with Crippen molar-refractivity contribution in [1.29, 1.82) is 0 Å². The van der Waals surface area contributed by atoms with Crippen LogP contribution in [0.2, 0.25) is 0 Å². The second-order valence-corrected chi connectivity index (χ2v) is 5.27. The van der Waals surface area contributed by atoms with Crippen LogP contribution in [0.1, 0.15) is 26.2 Å². The molecule has 2 aliphatic rings. The van der Waals surface area contributed by atoms with Crippen molar-refractivity contribution >= 4 is 0 Å². The van der Waals surface area contributed by atoms with Crippen LogP contribution in [0.3, 0.4) is 0 Å². The molecule has 3 nitrogen and oxygen atoms in total. The minimum absolute atomic E-state index is 0.187. The molecular formula is C14H24N2O. The van der Waals surface area contributed by atoms with E-state index in [1.165, 1.54) is 19.5 Å². The summed E-state index contributed by atoms with van der Waals surface area (Å²) in [5.41, 5.74) is -0.187. The molecule has 0 radical (unpaired) electrons. The van der Waals surface area contributed by atoms with Crippen LogP contribution < -0.4 is 5.32 Å². The Hall–Kier alpha value is -0.560. The zero-order valence-electron chi connectivity index (χ0n) is 10.9. The van der Waals surface area contributed by atoms with E-state index in [-0.39, 0.29) is 5.60 Å². The van der Waals surface area contributed by atoms with Gasteiger partial charge in [0, 0.05) is 32.7 Å². The first-order chi connectivity index (χ1) is 8.28. The fourth-order valence-electron chi connectivity index (χ4n) is 2.24. The molecule has 2 fully saturated rings. The van der Waals surface area contributed by atoms with E-state index in [0.717, 1.165) is 45.0 Å². The molecule has 0 aromatic carbocycles. The van der Waals surface area contributed by atoms with Gasteiger partial charge in [0.25, 0.3) is 0 Å². The number of likely N-dealkylation sites (tertiary alicyclic amines) is 1. The summed E-state index contributed by atoms with van der Waals surface area (Å²) in [5, 5.41) is 3.41. The van der Waals surface area contributed by atoms with Crippen LogP contribution >= 0.6 is 0 Å². The van der Waals surface area contributed by atoms with E-state index in [1.807, 2.05) is 0 Å². The Morgan fingerprint density at radius 2 is 2.18 bits per heavy atom. The predicted octanol–water partition coefficient (Wildman–Crippen LogP) is 1.10. The Labute approximate surface area is 105 Å². The van der Waals surface area contributed by atoms with Gasteiger partial charge in [0.2, 0.25) is 0 Å². The number of hydrogen-bond acceptors (Lipinski definition) is 3. The average molecular weight is 236 g/mol. The predicted molar refractivity (Wildman–Crippen MR) is 69.8 cm³/mol. The molecule has 0 bridgehead atoms. The van der Waals surface area contributed by atoms with E-state index < -0.39 is 0 Å². The Bertz CT molecular complexity index is 274. The smallest absolute Gasteiger partial charge is 0.128 e. The second kappa shape index (κ2) is 5.86. The topological polar surface area (TPSA) is 24.5 Å². The highest BCUT2D eigenvalue weighted by Crippen LogP contribution is 2.38. The number of nitrogens with zero attached hydrogens (tertiary/aromatic N) is 1. The van der Waals surface area contributed by atoms with Crippen molar-refractivity contribution in [2.75, 3.05) is 39.3 Å². The number of rotatable bonds is 8. The molecule has 1 N–H and O–H groups in total. The molecular weight excluding hydrogens is 212 g/mol. The Kier molecular flexibility index (Phi) is 4.44. The normalized spacial score (nSPS) is 23.1. The van der Waals surface area contributed by atoms with Gasteiger partial charge in [-0.1, -0.05) is 19.3 Å². The van der Waals surface area contributed by atoms with E-state index >= 15 is 0 Å². The van der Waals surface area contributed by atoms with Crippen molar-refractivity contribution in [3.8, 4) is 12.3 Å². The lowest BCUT2D eigenvalue weighted by atomic mass is 9.98. The van der Waals surface area contributed by atoms with Gasteiger partial charge in [-0.3, -0.25) is 0 Å². The van der Waals surface area contributed by atoms with Crippen LogP contribution in [0, 0.1) is 18.3 Å². The van der Waals surface area contributed by atoms with Crippen molar-refractivity contribution in [3.63, 3.8) is 0 Å². The maximum Gasteiger partial charge on any atom is 0.128 e. The van der Waals surface area contributed by atoms with E-state index in [2.05, 4.69) is 23.1 Å². The Morgan fingerprint density at radius 1 is 1.41 bits per heavy atom. The molecule has 0 aromatic heterocycles. The van der Waals surface area contributed by atoms with Crippen LogP contribution in [0.25, 0.3) is 0 Å². The van der Waals surface area contributed by atoms with Gasteiger partial charge in [-0.2, -0.15) is 0 Å². The summed E-state index contributed by atoms with van der Waals surface area (Å²) in [4.78, 5) is 2.51. The number of ether oxygens (including phenoxy) is 1. The van der Waals surface area contributed by atoms with E-state index in [0.29, 0.717) is 0 Å². The maximum absolute atomic E-state index is 5.66. The van der Waals surface area contributed by atoms with Crippen LogP contribution in [0.15, 0.2) is 0 Å². The number of nitrogens with one attached hydrogen (secondary N) is 1. The molecule has 1 aliphatic heterocycles. The van der Waals surface area contributed by atoms with Gasteiger partial charge in [0.1, 0.15) is 5.60 Å². The molecule has 96 valence electrons. The van der Waals surface area contributed by atoms with Gasteiger partial charge in [-0.15, -0.1) is 6.42 Å². The van der Waals surface area contributed by atoms with E-state index in [4.69, 9.17) is 11.2 Å². The molecule has 1 saturated heterocycles. The van der Waals surface area contributed by atoms with Crippen LogP contribution in [0.5, 0.6) is 0 Å². The van der Waals surface area contributed by atoms with E-state index in [9.17, 15) is 0 Å². The summed E-state index contributed by atoms with van der Waals surface area (Å²) < 4.78 is 5.66. The van der Waals surface area contributed by atoms with Gasteiger partial charge in [-0.05, 0) is 18.8 Å². The third kappa shape index (κ3) is 3.70. The molecule has 17 heavy (non-hydrogen) atoms. The van der Waals surface area contributed by atoms with Crippen LogP contribution in [-0.4, -0.2) is 49.8 Å². The molecule has 2 rings (SSSR count). The molecule has 1 heterocycles. The molecule has 0 aromatic rings. The number of hydrogen-bond donors (Lipinski definition) is 1. The van der Waals surface area contributed by atoms with Crippen molar-refractivity contribution in [1.82, 2.24) is 10.2 Å². The summed E-state index contributed by atoms with van der Waals surface area (Å²) in [6, 6.07) is 0. The first kappa shape index (κ1) is 12.9. The standard InChI is InChI=1S/C14H24N2O/c1-3-13-11-16(12-13)9-7-15-8-10-17-14(4-2)5-6-14/h2,13,15H,3,5-12H2,1H3. The lowest BCUT2D eigenvalue weighted by molar-refractivity contribution is 0.0724. The molecule has 1 saturated carbocycles. The third-order valence-electron chi connectivity index (χ3n) is 3.84. The minimum Gasteiger partial charge on any atom is -0.361 e. The SMILES string of the molecule is C#CC1(OCCNCCN2CC(CC)C2)CC1. The highest BCUT2D eigenvalue weighted by molar-refractivity contribution is 5.18. The van der Waals surface area contributed by atoms with Crippen molar-refractivity contribution in [2.24, 2.45) is 5.92 Å². The summed E-state index contributed by atoms with van der Waals surface area (Å²) >= 11 is 0. The largest absolute Gasteiger partial charge is 0.361 e. The van der Waals surface area contributed by atoms with Crippen LogP contribution in [0.4, 0.5) is 0 Å². The molecule has 1 aliphatic carbocycles. The maximum atomic E-state index is 5.66. The highest BCUT2D eigenvalue weighted by atomic mass is 16.5. The zero-order valence-corrected chi connectivity index (χ0v) is 10.9. The summed E-state index contributed by atoms with van der Waals surface area (Å²) in [6.07, 6.45) is 8.80. The van der Waals surface area contributed by atoms with Crippen molar-refractivity contribution in [2.45, 2.75) is 31.8 Å². The molecule has 0 unspecified atom stereocenters. The Balaban J connectivity index is 1.39. The van der Waals surface area contributed by atoms with Gasteiger partial charge < -0.3 is 15.0 Å². The first-order valence-corrected chi connectivity index (χ1v) is 6.83. The van der Waals surface area contributed by atoms with Crippen molar-refractivity contribution in [3.05, 3.63) is 0 Å². The fourth-order valence-corrected chi connectivity index (χ4v) is 2.24. The van der Waals surface area contributed by atoms with Gasteiger partial charge in [0.05, 0.1) is 6.61 Å². The first-order valence-electron chi connectivity index (χ1n) is 6.83. The quantitative estimate of drug-likeness (QED) is 0.504. The van der Waals surface area contributed by atoms with Crippen molar-refractivity contribution < 1.29 is 4.74 Å². The lowest BCUT2D eigenvalue weighted by Crippen LogP contribution is -2.48. The molecule has 0 atom stereocenters. The van der Waals surface area contributed by atoms with Gasteiger partial charge >= 0.3 is 0 Å². The minimum atomic E-state index is -0.187. The Morgan fingerprint density at radius 3 is 2.76 bits per heavy atom. The zero-order chi connectivity index (χ0) is 12.1. The average Bonchev–Trinajstić information content (AvgIpc) is 3.06. The summed E-state index contributed by atoms with van der Waals surface area (Å²) in [5.74, 6) is 3.68. The summed E-state index contributed by atoms with van der Waals surface area (Å²) in [7, 11) is 0. The monoisotopic (exact) mass is 236 g/mol. The lowest BCUT2D eigenvalue weighted by Gasteiger charge is -2.38.